The maximum atomic E-state index is 12.8. The number of amides is 1. The number of hydrogen-bond acceptors (Lipinski definition) is 9. The van der Waals surface area contributed by atoms with E-state index in [0.29, 0.717) is 36.7 Å². The lowest BCUT2D eigenvalue weighted by Gasteiger charge is -2.34. The molecule has 0 radical (unpaired) electrons. The highest BCUT2D eigenvalue weighted by atomic mass is 32.3. The molecule has 0 aliphatic carbocycles. The van der Waals surface area contributed by atoms with E-state index in [4.69, 9.17) is 10.5 Å². The molecule has 1 amide bonds. The predicted octanol–water partition coefficient (Wildman–Crippen LogP) is 2.74. The molecule has 1 saturated heterocycles. The van der Waals surface area contributed by atoms with Gasteiger partial charge in [0.15, 0.2) is 5.84 Å². The van der Waals surface area contributed by atoms with E-state index in [-0.39, 0.29) is 34.7 Å². The summed E-state index contributed by atoms with van der Waals surface area (Å²) in [7, 11) is -3.37. The van der Waals surface area contributed by atoms with Crippen LogP contribution < -0.4 is 15.2 Å². The standard InChI is InChI=1S/C20H24N4O6S/c21-19-18-15(22-31(28,29)23-19)4-1-5-17(18)30-11-12-3-2-8-24(10-12)20(27)14-9-13(25)6-7-16(14)26/h1,4-7,9,12,22,25-26,28-29H,2-3,8,10-11H2,(H2,21,23)/t12-/m0/s1. The summed E-state index contributed by atoms with van der Waals surface area (Å²) in [4.78, 5) is 14.5. The quantitative estimate of drug-likeness (QED) is 0.389. The van der Waals surface area contributed by atoms with Crippen LogP contribution in [-0.2, 0) is 0 Å². The summed E-state index contributed by atoms with van der Waals surface area (Å²) in [5.41, 5.74) is 6.86. The van der Waals surface area contributed by atoms with Crippen molar-refractivity contribution in [2.24, 2.45) is 16.0 Å². The van der Waals surface area contributed by atoms with Crippen LogP contribution in [-0.4, -0.2) is 55.7 Å². The van der Waals surface area contributed by atoms with E-state index in [1.165, 1.54) is 18.2 Å². The number of ether oxygens (including phenoxy) is 1. The van der Waals surface area contributed by atoms with Crippen LogP contribution in [0.2, 0.25) is 0 Å². The van der Waals surface area contributed by atoms with Crippen molar-refractivity contribution in [1.29, 1.82) is 0 Å². The fourth-order valence-electron chi connectivity index (χ4n) is 3.81. The molecule has 2 aromatic rings. The number of benzene rings is 2. The molecule has 166 valence electrons. The maximum absolute atomic E-state index is 12.8. The topological polar surface area (TPSA) is 161 Å². The Labute approximate surface area is 180 Å². The highest BCUT2D eigenvalue weighted by Gasteiger charge is 2.28. The number of aromatic hydroxyl groups is 2. The molecule has 0 saturated carbocycles. The Hall–Kier alpha value is -3.15. The second-order valence-corrected chi connectivity index (χ2v) is 8.97. The lowest BCUT2D eigenvalue weighted by Crippen LogP contribution is -2.41. The maximum Gasteiger partial charge on any atom is 0.257 e. The van der Waals surface area contributed by atoms with Gasteiger partial charge in [0.25, 0.3) is 5.91 Å². The van der Waals surface area contributed by atoms with Gasteiger partial charge in [-0.25, -0.2) is 0 Å². The summed E-state index contributed by atoms with van der Waals surface area (Å²) in [6.45, 7) is 1.30. The van der Waals surface area contributed by atoms with Crippen LogP contribution in [0.15, 0.2) is 40.8 Å². The predicted molar refractivity (Wildman–Crippen MR) is 118 cm³/mol. The fraction of sp³-hybridized carbons (Fsp3) is 0.300. The number of nitrogens with one attached hydrogen (secondary N) is 1. The molecule has 4 rings (SSSR count). The van der Waals surface area contributed by atoms with Crippen LogP contribution in [0.4, 0.5) is 5.69 Å². The average molecular weight is 449 g/mol. The minimum Gasteiger partial charge on any atom is -0.508 e. The normalized spacial score (nSPS) is 20.8. The molecule has 11 heteroatoms. The van der Waals surface area contributed by atoms with Gasteiger partial charge in [-0.1, -0.05) is 6.07 Å². The van der Waals surface area contributed by atoms with Crippen molar-refractivity contribution < 1.29 is 28.8 Å². The van der Waals surface area contributed by atoms with E-state index in [0.717, 1.165) is 12.8 Å². The Bertz CT molecular complexity index is 1040. The molecule has 7 N–H and O–H groups in total. The first-order valence-corrected chi connectivity index (χ1v) is 11.2. The van der Waals surface area contributed by atoms with Crippen LogP contribution in [0.25, 0.3) is 0 Å². The zero-order valence-electron chi connectivity index (χ0n) is 16.6. The Morgan fingerprint density at radius 1 is 1.29 bits per heavy atom. The second kappa shape index (κ2) is 8.17. The number of nitrogens with zero attached hydrogens (tertiary/aromatic N) is 2. The Kier molecular flexibility index (Phi) is 5.56. The molecule has 10 nitrogen and oxygen atoms in total. The van der Waals surface area contributed by atoms with E-state index < -0.39 is 11.0 Å². The van der Waals surface area contributed by atoms with Gasteiger partial charge in [0.1, 0.15) is 17.2 Å². The Balaban J connectivity index is 1.45. The van der Waals surface area contributed by atoms with Crippen molar-refractivity contribution in [2.75, 3.05) is 24.4 Å². The van der Waals surface area contributed by atoms with E-state index in [1.807, 2.05) is 0 Å². The smallest absolute Gasteiger partial charge is 0.257 e. The van der Waals surface area contributed by atoms with Crippen LogP contribution in [0.5, 0.6) is 17.2 Å². The molecule has 0 unspecified atom stereocenters. The van der Waals surface area contributed by atoms with Gasteiger partial charge in [0, 0.05) is 19.0 Å². The van der Waals surface area contributed by atoms with Gasteiger partial charge in [0.05, 0.1) is 23.4 Å². The van der Waals surface area contributed by atoms with Gasteiger partial charge in [0.2, 0.25) is 0 Å². The van der Waals surface area contributed by atoms with E-state index in [1.54, 1.807) is 23.1 Å². The first kappa shape index (κ1) is 21.1. The van der Waals surface area contributed by atoms with Crippen molar-refractivity contribution in [1.82, 2.24) is 4.90 Å². The van der Waals surface area contributed by atoms with Crippen molar-refractivity contribution >= 4 is 28.4 Å². The van der Waals surface area contributed by atoms with Gasteiger partial charge < -0.3 is 25.6 Å². The first-order valence-electron chi connectivity index (χ1n) is 9.72. The Morgan fingerprint density at radius 3 is 2.90 bits per heavy atom. The zero-order valence-corrected chi connectivity index (χ0v) is 17.4. The number of anilines is 1. The molecular formula is C20H24N4O6S. The molecule has 2 aromatic carbocycles. The average Bonchev–Trinajstić information content (AvgIpc) is 2.72. The summed E-state index contributed by atoms with van der Waals surface area (Å²) in [5, 5.41) is 19.6. The number of amidine groups is 1. The van der Waals surface area contributed by atoms with Gasteiger partial charge in [-0.2, -0.15) is 0 Å². The lowest BCUT2D eigenvalue weighted by molar-refractivity contribution is 0.0630. The summed E-state index contributed by atoms with van der Waals surface area (Å²) >= 11 is 0. The molecule has 1 fully saturated rings. The van der Waals surface area contributed by atoms with Crippen LogP contribution in [0.1, 0.15) is 28.8 Å². The third-order valence-corrected chi connectivity index (χ3v) is 6.19. The largest absolute Gasteiger partial charge is 0.508 e. The summed E-state index contributed by atoms with van der Waals surface area (Å²) in [5.74, 6) is -0.134. The van der Waals surface area contributed by atoms with Crippen molar-refractivity contribution in [3.63, 3.8) is 0 Å². The third kappa shape index (κ3) is 4.48. The molecule has 0 aromatic heterocycles. The second-order valence-electron chi connectivity index (χ2n) is 7.55. The molecule has 2 aliphatic rings. The summed E-state index contributed by atoms with van der Waals surface area (Å²) in [6.07, 6.45) is 1.63. The molecular weight excluding hydrogens is 424 g/mol. The molecule has 2 aliphatic heterocycles. The number of likely N-dealkylation sites (tertiary alicyclic amines) is 1. The number of phenolic OH excluding ortho intramolecular Hbond substituents is 2. The number of fused-ring (bicyclic) bond motifs is 1. The number of rotatable bonds is 4. The highest BCUT2D eigenvalue weighted by molar-refractivity contribution is 8.24. The van der Waals surface area contributed by atoms with Crippen molar-refractivity contribution in [2.45, 2.75) is 12.8 Å². The van der Waals surface area contributed by atoms with Gasteiger partial charge in [-0.3, -0.25) is 18.6 Å². The number of carbonyl (C=O) groups is 1. The number of nitrogens with two attached hydrogens (primary N) is 1. The molecule has 31 heavy (non-hydrogen) atoms. The molecule has 0 bridgehead atoms. The van der Waals surface area contributed by atoms with Crippen LogP contribution in [0, 0.1) is 5.92 Å². The third-order valence-electron chi connectivity index (χ3n) is 5.25. The van der Waals surface area contributed by atoms with Crippen molar-refractivity contribution in [3.8, 4) is 17.2 Å². The van der Waals surface area contributed by atoms with Crippen LogP contribution >= 0.6 is 11.0 Å². The SMILES string of the molecule is NC1=NS(O)(O)Nc2cccc(OC[C@H]3CCCN(C(=O)c4cc(O)ccc4O)C3)c21. The van der Waals surface area contributed by atoms with Crippen LogP contribution in [0.3, 0.4) is 0 Å². The fourth-order valence-corrected chi connectivity index (χ4v) is 4.69. The molecule has 0 spiro atoms. The van der Waals surface area contributed by atoms with Gasteiger partial charge >= 0.3 is 0 Å². The van der Waals surface area contributed by atoms with Crippen molar-refractivity contribution in [3.05, 3.63) is 47.5 Å². The van der Waals surface area contributed by atoms with Gasteiger partial charge in [-0.15, -0.1) is 4.40 Å². The van der Waals surface area contributed by atoms with Gasteiger partial charge in [-0.05, 0) is 54.1 Å². The zero-order chi connectivity index (χ0) is 22.2. The summed E-state index contributed by atoms with van der Waals surface area (Å²) < 4.78 is 31.8. The summed E-state index contributed by atoms with van der Waals surface area (Å²) in [6, 6.07) is 8.95. The monoisotopic (exact) mass is 448 g/mol. The Morgan fingerprint density at radius 2 is 2.10 bits per heavy atom. The minimum absolute atomic E-state index is 0.0239. The number of carbonyl (C=O) groups excluding carboxylic acids is 1. The van der Waals surface area contributed by atoms with E-state index >= 15 is 0 Å². The lowest BCUT2D eigenvalue weighted by atomic mass is 9.98. The number of piperidine rings is 1. The number of hydrogen-bond donors (Lipinski definition) is 6. The van der Waals surface area contributed by atoms with E-state index in [9.17, 15) is 24.1 Å². The highest BCUT2D eigenvalue weighted by Crippen LogP contribution is 2.46. The number of phenols is 2. The minimum atomic E-state index is -3.37. The molecule has 1 atom stereocenters. The molecule has 2 heterocycles. The van der Waals surface area contributed by atoms with E-state index in [2.05, 4.69) is 9.12 Å². The first-order chi connectivity index (χ1) is 14.7.